The number of amides is 5. The molecule has 7 rings (SSSR count). The molecular formula is C33H44N4O8. The molecule has 244 valence electrons. The SMILES string of the molecule is O=C(CC12CC3CC(CC(C3)C1)C2)NCCOCCOCCOCCNc1cccc2c1C(=O)N(C1CCC(=O)NC1=O)C2=O. The molecule has 12 nitrogen and oxygen atoms in total. The van der Waals surface area contributed by atoms with Crippen LogP contribution in [-0.2, 0) is 28.6 Å². The van der Waals surface area contributed by atoms with Crippen molar-refractivity contribution in [2.75, 3.05) is 58.0 Å². The van der Waals surface area contributed by atoms with Gasteiger partial charge in [0.25, 0.3) is 11.8 Å². The van der Waals surface area contributed by atoms with Crippen LogP contribution in [-0.4, -0.2) is 93.2 Å². The molecule has 3 N–H and O–H groups in total. The molecule has 1 atom stereocenters. The van der Waals surface area contributed by atoms with E-state index in [0.717, 1.165) is 22.7 Å². The maximum absolute atomic E-state index is 13.1. The van der Waals surface area contributed by atoms with Gasteiger partial charge in [-0.25, -0.2) is 0 Å². The Balaban J connectivity index is 0.798. The van der Waals surface area contributed by atoms with Crippen LogP contribution in [0.4, 0.5) is 5.69 Å². The van der Waals surface area contributed by atoms with E-state index in [0.29, 0.717) is 64.8 Å². The Kier molecular flexibility index (Phi) is 9.81. The summed E-state index contributed by atoms with van der Waals surface area (Å²) in [5.74, 6) is 0.584. The van der Waals surface area contributed by atoms with Crippen molar-refractivity contribution in [1.82, 2.24) is 15.5 Å². The Morgan fingerprint density at radius 1 is 0.844 bits per heavy atom. The van der Waals surface area contributed by atoms with E-state index in [1.165, 1.54) is 38.5 Å². The molecule has 1 unspecified atom stereocenters. The number of carbonyl (C=O) groups is 5. The minimum Gasteiger partial charge on any atom is -0.382 e. The minimum absolute atomic E-state index is 0.0733. The second-order valence-electron chi connectivity index (χ2n) is 13.4. The van der Waals surface area contributed by atoms with Gasteiger partial charge in [-0.1, -0.05) is 6.07 Å². The van der Waals surface area contributed by atoms with E-state index in [1.807, 2.05) is 0 Å². The van der Waals surface area contributed by atoms with Gasteiger partial charge in [0.15, 0.2) is 0 Å². The largest absolute Gasteiger partial charge is 0.382 e. The fraction of sp³-hybridized carbons (Fsp3) is 0.667. The third-order valence-electron chi connectivity index (χ3n) is 10.0. The lowest BCUT2D eigenvalue weighted by Gasteiger charge is -2.56. The maximum Gasteiger partial charge on any atom is 0.264 e. The van der Waals surface area contributed by atoms with Crippen molar-refractivity contribution in [1.29, 1.82) is 0 Å². The summed E-state index contributed by atoms with van der Waals surface area (Å²) in [6, 6.07) is 3.94. The zero-order valence-electron chi connectivity index (χ0n) is 25.8. The van der Waals surface area contributed by atoms with Gasteiger partial charge in [0, 0.05) is 31.6 Å². The van der Waals surface area contributed by atoms with Crippen LogP contribution >= 0.6 is 0 Å². The fourth-order valence-corrected chi connectivity index (χ4v) is 8.63. The second kappa shape index (κ2) is 14.0. The molecular weight excluding hydrogens is 580 g/mol. The molecule has 2 heterocycles. The van der Waals surface area contributed by atoms with Gasteiger partial charge >= 0.3 is 0 Å². The smallest absolute Gasteiger partial charge is 0.264 e. The summed E-state index contributed by atoms with van der Waals surface area (Å²) in [5.41, 5.74) is 1.19. The molecule has 1 saturated heterocycles. The molecule has 1 aromatic rings. The lowest BCUT2D eigenvalue weighted by atomic mass is 9.49. The van der Waals surface area contributed by atoms with Crippen LogP contribution in [0.3, 0.4) is 0 Å². The molecule has 5 fully saturated rings. The van der Waals surface area contributed by atoms with Gasteiger partial charge in [0.2, 0.25) is 17.7 Å². The second-order valence-corrected chi connectivity index (χ2v) is 13.4. The Morgan fingerprint density at radius 3 is 2.11 bits per heavy atom. The first kappa shape index (κ1) is 31.6. The van der Waals surface area contributed by atoms with Crippen LogP contribution in [0.15, 0.2) is 18.2 Å². The Morgan fingerprint density at radius 2 is 1.47 bits per heavy atom. The number of nitrogens with zero attached hydrogens (tertiary/aromatic N) is 1. The summed E-state index contributed by atoms with van der Waals surface area (Å²) in [7, 11) is 0. The highest BCUT2D eigenvalue weighted by molar-refractivity contribution is 6.25. The van der Waals surface area contributed by atoms with E-state index >= 15 is 0 Å². The number of rotatable bonds is 16. The van der Waals surface area contributed by atoms with Gasteiger partial charge in [0.1, 0.15) is 6.04 Å². The number of hydrogen-bond donors (Lipinski definition) is 3. The topological polar surface area (TPSA) is 152 Å². The number of imide groups is 2. The first-order valence-corrected chi connectivity index (χ1v) is 16.4. The molecule has 0 aromatic heterocycles. The molecule has 5 amide bonds. The zero-order valence-corrected chi connectivity index (χ0v) is 25.8. The van der Waals surface area contributed by atoms with E-state index in [4.69, 9.17) is 14.2 Å². The van der Waals surface area contributed by atoms with Crippen LogP contribution in [0.1, 0.15) is 78.5 Å². The molecule has 0 radical (unpaired) electrons. The Bertz CT molecular complexity index is 1280. The number of fused-ring (bicyclic) bond motifs is 1. The zero-order chi connectivity index (χ0) is 31.4. The maximum atomic E-state index is 13.1. The lowest BCUT2D eigenvalue weighted by molar-refractivity contribution is -0.136. The van der Waals surface area contributed by atoms with Gasteiger partial charge in [0.05, 0.1) is 50.8 Å². The third kappa shape index (κ3) is 7.23. The van der Waals surface area contributed by atoms with Crippen LogP contribution in [0, 0.1) is 23.2 Å². The predicted octanol–water partition coefficient (Wildman–Crippen LogP) is 2.27. The summed E-state index contributed by atoms with van der Waals surface area (Å²) in [4.78, 5) is 63.4. The molecule has 0 spiro atoms. The van der Waals surface area contributed by atoms with Crippen molar-refractivity contribution in [3.05, 3.63) is 29.3 Å². The predicted molar refractivity (Wildman–Crippen MR) is 162 cm³/mol. The van der Waals surface area contributed by atoms with E-state index in [2.05, 4.69) is 16.0 Å². The van der Waals surface area contributed by atoms with Gasteiger partial charge < -0.3 is 24.8 Å². The summed E-state index contributed by atoms with van der Waals surface area (Å²) in [6.07, 6.45) is 8.74. The number of carbonyl (C=O) groups excluding carboxylic acids is 5. The van der Waals surface area contributed by atoms with E-state index in [1.54, 1.807) is 18.2 Å². The summed E-state index contributed by atoms with van der Waals surface area (Å²) in [5, 5.41) is 8.39. The first-order chi connectivity index (χ1) is 21.8. The van der Waals surface area contributed by atoms with Crippen molar-refractivity contribution in [3.63, 3.8) is 0 Å². The first-order valence-electron chi connectivity index (χ1n) is 16.4. The normalized spacial score (nSPS) is 28.4. The van der Waals surface area contributed by atoms with Crippen LogP contribution in [0.25, 0.3) is 0 Å². The van der Waals surface area contributed by atoms with Crippen molar-refractivity contribution in [2.45, 2.75) is 63.8 Å². The van der Waals surface area contributed by atoms with Crippen molar-refractivity contribution in [2.24, 2.45) is 23.2 Å². The third-order valence-corrected chi connectivity index (χ3v) is 10.0. The van der Waals surface area contributed by atoms with Crippen LogP contribution < -0.4 is 16.0 Å². The van der Waals surface area contributed by atoms with Gasteiger partial charge in [-0.05, 0) is 80.2 Å². The van der Waals surface area contributed by atoms with Gasteiger partial charge in [-0.15, -0.1) is 0 Å². The number of benzene rings is 1. The average molecular weight is 625 g/mol. The number of nitrogens with one attached hydrogen (secondary N) is 3. The molecule has 6 aliphatic rings. The van der Waals surface area contributed by atoms with E-state index in [9.17, 15) is 24.0 Å². The quantitative estimate of drug-likeness (QED) is 0.186. The molecule has 45 heavy (non-hydrogen) atoms. The Hall–Kier alpha value is -3.35. The van der Waals surface area contributed by atoms with Crippen LogP contribution in [0.5, 0.6) is 0 Å². The molecule has 12 heteroatoms. The fourth-order valence-electron chi connectivity index (χ4n) is 8.63. The van der Waals surface area contributed by atoms with Gasteiger partial charge in [-0.3, -0.25) is 34.2 Å². The van der Waals surface area contributed by atoms with Crippen molar-refractivity contribution in [3.8, 4) is 0 Å². The standard InChI is InChI=1S/C33H44N4O8/c38-27-5-4-26(30(40)36-27)37-31(41)24-2-1-3-25(29(24)32(37)42)34-6-8-43-10-12-45-13-11-44-9-7-35-28(39)20-33-17-21-14-22(18-33)16-23(15-21)19-33/h1-3,21-23,26,34H,4-20H2,(H,35,39)(H,36,38,40). The van der Waals surface area contributed by atoms with Crippen LogP contribution in [0.2, 0.25) is 0 Å². The molecule has 4 aliphatic carbocycles. The highest BCUT2D eigenvalue weighted by atomic mass is 16.5. The number of piperidine rings is 1. The molecule has 4 saturated carbocycles. The number of hydrogen-bond acceptors (Lipinski definition) is 9. The monoisotopic (exact) mass is 624 g/mol. The number of anilines is 1. The molecule has 2 aliphatic heterocycles. The number of ether oxygens (including phenoxy) is 3. The van der Waals surface area contributed by atoms with Gasteiger partial charge in [-0.2, -0.15) is 0 Å². The van der Waals surface area contributed by atoms with Crippen molar-refractivity contribution < 1.29 is 38.2 Å². The summed E-state index contributed by atoms with van der Waals surface area (Å²) in [6.45, 7) is 3.38. The average Bonchev–Trinajstić information content (AvgIpc) is 3.24. The van der Waals surface area contributed by atoms with E-state index < -0.39 is 29.7 Å². The highest BCUT2D eigenvalue weighted by Crippen LogP contribution is 2.61. The van der Waals surface area contributed by atoms with E-state index in [-0.39, 0.29) is 35.3 Å². The molecule has 1 aromatic carbocycles. The lowest BCUT2D eigenvalue weighted by Crippen LogP contribution is -2.54. The highest BCUT2D eigenvalue weighted by Gasteiger charge is 2.51. The minimum atomic E-state index is -1.00. The Labute approximate surface area is 263 Å². The van der Waals surface area contributed by atoms with Crippen molar-refractivity contribution >= 4 is 35.2 Å². The summed E-state index contributed by atoms with van der Waals surface area (Å²) < 4.78 is 16.8. The molecule has 4 bridgehead atoms. The summed E-state index contributed by atoms with van der Waals surface area (Å²) >= 11 is 0.